The monoisotopic (exact) mass is 276 g/mol. The highest BCUT2D eigenvalue weighted by Crippen LogP contribution is 2.33. The van der Waals surface area contributed by atoms with E-state index in [2.05, 4.69) is 56.0 Å². The van der Waals surface area contributed by atoms with E-state index in [-0.39, 0.29) is 11.1 Å². The van der Waals surface area contributed by atoms with Crippen LogP contribution in [0.25, 0.3) is 0 Å². The SMILES string of the molecule is CCC(CN)(Cc1ccccc1)N1CCOCC1(C)C. The fourth-order valence-electron chi connectivity index (χ4n) is 3.45. The summed E-state index contributed by atoms with van der Waals surface area (Å²) in [4.78, 5) is 2.58. The summed E-state index contributed by atoms with van der Waals surface area (Å²) in [5.74, 6) is 0. The third kappa shape index (κ3) is 3.05. The predicted molar refractivity (Wildman–Crippen MR) is 83.8 cm³/mol. The zero-order valence-electron chi connectivity index (χ0n) is 13.1. The Morgan fingerprint density at radius 1 is 1.30 bits per heavy atom. The van der Waals surface area contributed by atoms with Crippen LogP contribution in [0.3, 0.4) is 0 Å². The minimum absolute atomic E-state index is 0.0225. The normalized spacial score (nSPS) is 22.4. The first kappa shape index (κ1) is 15.5. The van der Waals surface area contributed by atoms with Gasteiger partial charge in [0.1, 0.15) is 0 Å². The van der Waals surface area contributed by atoms with E-state index in [1.54, 1.807) is 0 Å². The summed E-state index contributed by atoms with van der Waals surface area (Å²) in [5, 5.41) is 0. The molecule has 1 fully saturated rings. The third-order valence-corrected chi connectivity index (χ3v) is 4.63. The lowest BCUT2D eigenvalue weighted by molar-refractivity contribution is -0.105. The van der Waals surface area contributed by atoms with Crippen LogP contribution in [-0.4, -0.2) is 42.3 Å². The molecule has 112 valence electrons. The van der Waals surface area contributed by atoms with Crippen molar-refractivity contribution < 1.29 is 4.74 Å². The van der Waals surface area contributed by atoms with Gasteiger partial charge in [-0.1, -0.05) is 37.3 Å². The zero-order valence-corrected chi connectivity index (χ0v) is 13.1. The van der Waals surface area contributed by atoms with Crippen LogP contribution in [0, 0.1) is 0 Å². The van der Waals surface area contributed by atoms with Crippen LogP contribution in [-0.2, 0) is 11.2 Å². The Kier molecular flexibility index (Phi) is 4.84. The molecule has 0 aliphatic carbocycles. The molecule has 0 saturated carbocycles. The first-order chi connectivity index (χ1) is 9.54. The summed E-state index contributed by atoms with van der Waals surface area (Å²) < 4.78 is 5.67. The molecule has 1 aliphatic rings. The van der Waals surface area contributed by atoms with Gasteiger partial charge in [-0.25, -0.2) is 0 Å². The van der Waals surface area contributed by atoms with Crippen LogP contribution < -0.4 is 5.73 Å². The van der Waals surface area contributed by atoms with Crippen molar-refractivity contribution in [2.75, 3.05) is 26.3 Å². The summed E-state index contributed by atoms with van der Waals surface area (Å²) >= 11 is 0. The molecule has 1 atom stereocenters. The Hall–Kier alpha value is -0.900. The Morgan fingerprint density at radius 3 is 2.55 bits per heavy atom. The maximum Gasteiger partial charge on any atom is 0.0645 e. The van der Waals surface area contributed by atoms with Gasteiger partial charge < -0.3 is 10.5 Å². The van der Waals surface area contributed by atoms with Gasteiger partial charge in [0.15, 0.2) is 0 Å². The molecule has 0 aromatic heterocycles. The van der Waals surface area contributed by atoms with E-state index in [0.29, 0.717) is 6.54 Å². The molecule has 1 unspecified atom stereocenters. The lowest BCUT2D eigenvalue weighted by Crippen LogP contribution is -2.66. The van der Waals surface area contributed by atoms with Crippen LogP contribution in [0.15, 0.2) is 30.3 Å². The third-order valence-electron chi connectivity index (χ3n) is 4.63. The molecule has 1 aromatic rings. The average Bonchev–Trinajstić information content (AvgIpc) is 2.46. The first-order valence-corrected chi connectivity index (χ1v) is 7.63. The second kappa shape index (κ2) is 6.25. The van der Waals surface area contributed by atoms with Gasteiger partial charge in [0.2, 0.25) is 0 Å². The Morgan fingerprint density at radius 2 is 2.00 bits per heavy atom. The fraction of sp³-hybridized carbons (Fsp3) is 0.647. The van der Waals surface area contributed by atoms with Crippen LogP contribution in [0.1, 0.15) is 32.8 Å². The molecule has 2 rings (SSSR count). The van der Waals surface area contributed by atoms with Crippen molar-refractivity contribution >= 4 is 0 Å². The Labute approximate surface area is 123 Å². The van der Waals surface area contributed by atoms with Crippen molar-refractivity contribution in [2.45, 2.75) is 44.7 Å². The molecular formula is C17H28N2O. The summed E-state index contributed by atoms with van der Waals surface area (Å²) in [6.07, 6.45) is 2.06. The van der Waals surface area contributed by atoms with E-state index < -0.39 is 0 Å². The van der Waals surface area contributed by atoms with Crippen LogP contribution in [0.5, 0.6) is 0 Å². The smallest absolute Gasteiger partial charge is 0.0645 e. The number of hydrogen-bond donors (Lipinski definition) is 1. The summed E-state index contributed by atoms with van der Waals surface area (Å²) in [5.41, 5.74) is 7.67. The van der Waals surface area contributed by atoms with Crippen molar-refractivity contribution in [3.63, 3.8) is 0 Å². The molecule has 2 N–H and O–H groups in total. The lowest BCUT2D eigenvalue weighted by atomic mass is 9.82. The summed E-state index contributed by atoms with van der Waals surface area (Å²) in [6, 6.07) is 10.7. The van der Waals surface area contributed by atoms with E-state index >= 15 is 0 Å². The fourth-order valence-corrected chi connectivity index (χ4v) is 3.45. The summed E-state index contributed by atoms with van der Waals surface area (Å²) in [7, 11) is 0. The second-order valence-electron chi connectivity index (χ2n) is 6.46. The quantitative estimate of drug-likeness (QED) is 0.898. The number of ether oxygens (including phenoxy) is 1. The largest absolute Gasteiger partial charge is 0.378 e. The molecule has 0 spiro atoms. The predicted octanol–water partition coefficient (Wildman–Crippen LogP) is 2.45. The maximum atomic E-state index is 6.24. The minimum Gasteiger partial charge on any atom is -0.378 e. The van der Waals surface area contributed by atoms with Crippen LogP contribution >= 0.6 is 0 Å². The van der Waals surface area contributed by atoms with E-state index in [0.717, 1.165) is 32.6 Å². The van der Waals surface area contributed by atoms with Gasteiger partial charge in [-0.3, -0.25) is 4.90 Å². The minimum atomic E-state index is 0.0225. The summed E-state index contributed by atoms with van der Waals surface area (Å²) in [6.45, 7) is 10.0. The van der Waals surface area contributed by atoms with Gasteiger partial charge in [-0.15, -0.1) is 0 Å². The molecule has 0 bridgehead atoms. The molecule has 1 aliphatic heterocycles. The molecule has 3 nitrogen and oxygen atoms in total. The van der Waals surface area contributed by atoms with E-state index in [1.807, 2.05) is 0 Å². The van der Waals surface area contributed by atoms with Gasteiger partial charge in [0.05, 0.1) is 13.2 Å². The maximum absolute atomic E-state index is 6.24. The molecule has 1 heterocycles. The van der Waals surface area contributed by atoms with Gasteiger partial charge in [0.25, 0.3) is 0 Å². The molecule has 20 heavy (non-hydrogen) atoms. The highest BCUT2D eigenvalue weighted by Gasteiger charge is 2.43. The molecule has 0 radical (unpaired) electrons. The van der Waals surface area contributed by atoms with E-state index in [4.69, 9.17) is 10.5 Å². The Bertz CT molecular complexity index is 412. The van der Waals surface area contributed by atoms with Gasteiger partial charge in [0, 0.05) is 24.2 Å². The number of nitrogens with zero attached hydrogens (tertiary/aromatic N) is 1. The molecule has 1 aromatic carbocycles. The van der Waals surface area contributed by atoms with Crippen molar-refractivity contribution in [1.82, 2.24) is 4.90 Å². The zero-order chi connectivity index (χ0) is 14.6. The number of rotatable bonds is 5. The van der Waals surface area contributed by atoms with Crippen molar-refractivity contribution in [3.05, 3.63) is 35.9 Å². The van der Waals surface area contributed by atoms with Crippen molar-refractivity contribution in [2.24, 2.45) is 5.73 Å². The number of benzene rings is 1. The van der Waals surface area contributed by atoms with Gasteiger partial charge in [-0.05, 0) is 32.3 Å². The van der Waals surface area contributed by atoms with Crippen molar-refractivity contribution in [1.29, 1.82) is 0 Å². The van der Waals surface area contributed by atoms with Gasteiger partial charge >= 0.3 is 0 Å². The number of hydrogen-bond acceptors (Lipinski definition) is 3. The lowest BCUT2D eigenvalue weighted by Gasteiger charge is -2.53. The van der Waals surface area contributed by atoms with E-state index in [9.17, 15) is 0 Å². The molecule has 3 heteroatoms. The number of nitrogens with two attached hydrogens (primary N) is 1. The van der Waals surface area contributed by atoms with E-state index in [1.165, 1.54) is 5.56 Å². The second-order valence-corrected chi connectivity index (χ2v) is 6.46. The molecule has 1 saturated heterocycles. The molecular weight excluding hydrogens is 248 g/mol. The standard InChI is InChI=1S/C17H28N2O/c1-4-17(13-18,12-15-8-6-5-7-9-15)19-10-11-20-14-16(19,2)3/h5-9H,4,10-14,18H2,1-3H3. The van der Waals surface area contributed by atoms with Crippen LogP contribution in [0.4, 0.5) is 0 Å². The first-order valence-electron chi connectivity index (χ1n) is 7.63. The average molecular weight is 276 g/mol. The Balaban J connectivity index is 2.28. The number of morpholine rings is 1. The molecule has 0 amide bonds. The topological polar surface area (TPSA) is 38.5 Å². The highest BCUT2D eigenvalue weighted by atomic mass is 16.5. The van der Waals surface area contributed by atoms with Crippen LogP contribution in [0.2, 0.25) is 0 Å². The highest BCUT2D eigenvalue weighted by molar-refractivity contribution is 5.19. The van der Waals surface area contributed by atoms with Crippen molar-refractivity contribution in [3.8, 4) is 0 Å². The van der Waals surface area contributed by atoms with Gasteiger partial charge in [-0.2, -0.15) is 0 Å².